The minimum absolute atomic E-state index is 0.0265. The van der Waals surface area contributed by atoms with Crippen molar-refractivity contribution in [1.29, 1.82) is 0 Å². The van der Waals surface area contributed by atoms with E-state index in [9.17, 15) is 18.8 Å². The molecule has 3 amide bonds. The summed E-state index contributed by atoms with van der Waals surface area (Å²) in [5, 5.41) is 2.79. The van der Waals surface area contributed by atoms with Crippen LogP contribution in [0.15, 0.2) is 18.2 Å². The third kappa shape index (κ3) is 2.41. The molecule has 1 fully saturated rings. The summed E-state index contributed by atoms with van der Waals surface area (Å²) in [6, 6.07) is 2.83. The van der Waals surface area contributed by atoms with Crippen LogP contribution in [0.1, 0.15) is 42.5 Å². The molecule has 1 heterocycles. The summed E-state index contributed by atoms with van der Waals surface area (Å²) in [4.78, 5) is 36.8. The number of urea groups is 1. The molecule has 1 N–H and O–H groups in total. The predicted octanol–water partition coefficient (Wildman–Crippen LogP) is 2.40. The largest absolute Gasteiger partial charge is 0.335 e. The zero-order chi connectivity index (χ0) is 15.0. The van der Waals surface area contributed by atoms with Crippen LogP contribution in [0, 0.1) is 5.82 Å². The van der Waals surface area contributed by atoms with Crippen molar-refractivity contribution in [2.75, 3.05) is 4.90 Å². The highest BCUT2D eigenvalue weighted by molar-refractivity contribution is 6.56. The number of imide groups is 1. The van der Waals surface area contributed by atoms with Crippen molar-refractivity contribution in [3.8, 4) is 0 Å². The highest BCUT2D eigenvalue weighted by Gasteiger charge is 2.40. The first-order chi connectivity index (χ1) is 10.1. The van der Waals surface area contributed by atoms with Crippen molar-refractivity contribution in [1.82, 2.24) is 5.32 Å². The van der Waals surface area contributed by atoms with E-state index >= 15 is 0 Å². The van der Waals surface area contributed by atoms with E-state index in [0.29, 0.717) is 0 Å². The molecule has 0 saturated heterocycles. The van der Waals surface area contributed by atoms with E-state index in [0.717, 1.165) is 49.1 Å². The molecule has 0 atom stereocenters. The van der Waals surface area contributed by atoms with Crippen LogP contribution in [0.3, 0.4) is 0 Å². The Morgan fingerprint density at radius 3 is 2.62 bits per heavy atom. The average molecular weight is 290 g/mol. The zero-order valence-corrected chi connectivity index (χ0v) is 11.4. The van der Waals surface area contributed by atoms with Gasteiger partial charge in [0.25, 0.3) is 5.78 Å². The number of amides is 3. The van der Waals surface area contributed by atoms with Crippen LogP contribution in [0.2, 0.25) is 0 Å². The fraction of sp³-hybridized carbons (Fsp3) is 0.400. The van der Waals surface area contributed by atoms with Crippen LogP contribution < -0.4 is 10.2 Å². The van der Waals surface area contributed by atoms with Crippen LogP contribution in [-0.4, -0.2) is 23.8 Å². The van der Waals surface area contributed by atoms with Crippen LogP contribution in [0.4, 0.5) is 14.9 Å². The molecule has 0 spiro atoms. The summed E-state index contributed by atoms with van der Waals surface area (Å²) in [5.74, 6) is -2.38. The number of hydrogen-bond acceptors (Lipinski definition) is 3. The van der Waals surface area contributed by atoms with Crippen molar-refractivity contribution < 1.29 is 18.8 Å². The predicted molar refractivity (Wildman–Crippen MR) is 73.6 cm³/mol. The first-order valence-electron chi connectivity index (χ1n) is 7.07. The van der Waals surface area contributed by atoms with Crippen molar-refractivity contribution >= 4 is 23.4 Å². The number of nitrogens with one attached hydrogen (secondary N) is 1. The summed E-state index contributed by atoms with van der Waals surface area (Å²) < 4.78 is 13.2. The number of anilines is 1. The lowest BCUT2D eigenvalue weighted by molar-refractivity contribution is -0.113. The van der Waals surface area contributed by atoms with E-state index in [1.54, 1.807) is 0 Å². The summed E-state index contributed by atoms with van der Waals surface area (Å²) in [7, 11) is 0. The van der Waals surface area contributed by atoms with Gasteiger partial charge in [-0.3, -0.25) is 9.59 Å². The van der Waals surface area contributed by atoms with Crippen molar-refractivity contribution in [3.05, 3.63) is 29.6 Å². The van der Waals surface area contributed by atoms with Gasteiger partial charge in [-0.15, -0.1) is 0 Å². The minimum atomic E-state index is -0.927. The molecule has 2 aliphatic rings. The third-order valence-corrected chi connectivity index (χ3v) is 3.98. The van der Waals surface area contributed by atoms with E-state index in [4.69, 9.17) is 0 Å². The van der Waals surface area contributed by atoms with Gasteiger partial charge in [-0.05, 0) is 31.0 Å². The molecule has 5 nitrogen and oxygen atoms in total. The molecule has 0 unspecified atom stereocenters. The van der Waals surface area contributed by atoms with Crippen molar-refractivity contribution in [2.45, 2.75) is 38.1 Å². The monoisotopic (exact) mass is 290 g/mol. The van der Waals surface area contributed by atoms with Gasteiger partial charge < -0.3 is 5.32 Å². The van der Waals surface area contributed by atoms with E-state index in [-0.39, 0.29) is 17.3 Å². The van der Waals surface area contributed by atoms with Gasteiger partial charge in [0.1, 0.15) is 5.82 Å². The number of halogens is 1. The zero-order valence-electron chi connectivity index (χ0n) is 11.4. The molecule has 0 bridgehead atoms. The molecular weight excluding hydrogens is 275 g/mol. The summed E-state index contributed by atoms with van der Waals surface area (Å²) in [6.07, 6.45) is 4.98. The van der Waals surface area contributed by atoms with Gasteiger partial charge in [0, 0.05) is 6.04 Å². The lowest BCUT2D eigenvalue weighted by Gasteiger charge is -2.25. The number of benzene rings is 1. The molecule has 0 radical (unpaired) electrons. The Hall–Kier alpha value is -2.24. The second-order valence-electron chi connectivity index (χ2n) is 5.42. The Balaban J connectivity index is 1.83. The van der Waals surface area contributed by atoms with Gasteiger partial charge in [0.2, 0.25) is 0 Å². The number of Topliss-reactive ketones (excluding diaryl/α,β-unsaturated/α-hetero) is 1. The van der Waals surface area contributed by atoms with Crippen LogP contribution in [0.25, 0.3) is 0 Å². The standard InChI is InChI=1S/C15H15FN2O3/c16-9-6-7-12-11(8-9)13(19)14(20)18(12)15(21)17-10-4-2-1-3-5-10/h6-8,10H,1-5H2,(H,17,21). The molecule has 1 aliphatic carbocycles. The smallest absolute Gasteiger partial charge is 0.329 e. The molecule has 110 valence electrons. The van der Waals surface area contributed by atoms with Crippen LogP contribution in [0.5, 0.6) is 0 Å². The highest BCUT2D eigenvalue weighted by Crippen LogP contribution is 2.30. The Labute approximate surface area is 121 Å². The Morgan fingerprint density at radius 1 is 1.19 bits per heavy atom. The second-order valence-corrected chi connectivity index (χ2v) is 5.42. The molecule has 6 heteroatoms. The van der Waals surface area contributed by atoms with E-state index < -0.39 is 23.5 Å². The SMILES string of the molecule is O=C1C(=O)N(C(=O)NC2CCCCC2)c2ccc(F)cc21. The van der Waals surface area contributed by atoms with Crippen LogP contribution in [-0.2, 0) is 4.79 Å². The summed E-state index contributed by atoms with van der Waals surface area (Å²) in [5.41, 5.74) is 0.0958. The first kappa shape index (κ1) is 13.7. The lowest BCUT2D eigenvalue weighted by atomic mass is 9.96. The van der Waals surface area contributed by atoms with Gasteiger partial charge in [0.15, 0.2) is 0 Å². The average Bonchev–Trinajstić information content (AvgIpc) is 2.72. The lowest BCUT2D eigenvalue weighted by Crippen LogP contribution is -2.47. The maximum atomic E-state index is 13.2. The van der Waals surface area contributed by atoms with Crippen molar-refractivity contribution in [3.63, 3.8) is 0 Å². The molecular formula is C15H15FN2O3. The second kappa shape index (κ2) is 5.27. The van der Waals surface area contributed by atoms with E-state index in [2.05, 4.69) is 5.32 Å². The van der Waals surface area contributed by atoms with Crippen molar-refractivity contribution in [2.24, 2.45) is 0 Å². The molecule has 21 heavy (non-hydrogen) atoms. The maximum Gasteiger partial charge on any atom is 0.329 e. The summed E-state index contributed by atoms with van der Waals surface area (Å²) in [6.45, 7) is 0. The summed E-state index contributed by atoms with van der Waals surface area (Å²) >= 11 is 0. The number of fused-ring (bicyclic) bond motifs is 1. The number of rotatable bonds is 1. The molecule has 1 aromatic rings. The van der Waals surface area contributed by atoms with Gasteiger partial charge in [0.05, 0.1) is 11.3 Å². The van der Waals surface area contributed by atoms with Crippen LogP contribution >= 0.6 is 0 Å². The first-order valence-corrected chi connectivity index (χ1v) is 7.07. The number of hydrogen-bond donors (Lipinski definition) is 1. The highest BCUT2D eigenvalue weighted by atomic mass is 19.1. The minimum Gasteiger partial charge on any atom is -0.335 e. The molecule has 1 saturated carbocycles. The van der Waals surface area contributed by atoms with Gasteiger partial charge >= 0.3 is 11.9 Å². The fourth-order valence-electron chi connectivity index (χ4n) is 2.90. The number of nitrogens with zero attached hydrogens (tertiary/aromatic N) is 1. The molecule has 1 aliphatic heterocycles. The maximum absolute atomic E-state index is 13.2. The fourth-order valence-corrected chi connectivity index (χ4v) is 2.90. The normalized spacial score (nSPS) is 18.8. The van der Waals surface area contributed by atoms with Gasteiger partial charge in [-0.2, -0.15) is 0 Å². The topological polar surface area (TPSA) is 66.5 Å². The molecule has 0 aromatic heterocycles. The third-order valence-electron chi connectivity index (χ3n) is 3.98. The number of carbonyl (C=O) groups is 3. The quantitative estimate of drug-likeness (QED) is 0.808. The van der Waals surface area contributed by atoms with Gasteiger partial charge in [-0.1, -0.05) is 19.3 Å². The molecule has 1 aromatic carbocycles. The Morgan fingerprint density at radius 2 is 1.90 bits per heavy atom. The number of ketones is 1. The Bertz CT molecular complexity index is 623. The number of carbonyl (C=O) groups excluding carboxylic acids is 3. The van der Waals surface area contributed by atoms with Gasteiger partial charge in [-0.25, -0.2) is 14.1 Å². The van der Waals surface area contributed by atoms with E-state index in [1.807, 2.05) is 0 Å². The molecule has 3 rings (SSSR count). The Kier molecular flexibility index (Phi) is 3.45. The van der Waals surface area contributed by atoms with E-state index in [1.165, 1.54) is 6.07 Å².